The summed E-state index contributed by atoms with van der Waals surface area (Å²) in [6.45, 7) is 4.01. The van der Waals surface area contributed by atoms with E-state index in [1.54, 1.807) is 20.0 Å². The van der Waals surface area contributed by atoms with Crippen LogP contribution in [0.15, 0.2) is 39.9 Å². The maximum atomic E-state index is 13.3. The van der Waals surface area contributed by atoms with Gasteiger partial charge in [0.25, 0.3) is 5.56 Å². The zero-order valence-corrected chi connectivity index (χ0v) is 16.8. The number of hydrogen-bond acceptors (Lipinski definition) is 5. The summed E-state index contributed by atoms with van der Waals surface area (Å²) in [7, 11) is 1.58. The quantitative estimate of drug-likeness (QED) is 0.622. The van der Waals surface area contributed by atoms with E-state index < -0.39 is 17.2 Å². The van der Waals surface area contributed by atoms with Gasteiger partial charge in [0.2, 0.25) is 0 Å². The van der Waals surface area contributed by atoms with Crippen LogP contribution in [-0.2, 0) is 18.3 Å². The second-order valence-corrected chi connectivity index (χ2v) is 7.51. The fourth-order valence-electron chi connectivity index (χ4n) is 3.47. The highest BCUT2D eigenvalue weighted by molar-refractivity contribution is 6.02. The third-order valence-corrected chi connectivity index (χ3v) is 5.27. The van der Waals surface area contributed by atoms with Gasteiger partial charge in [0.1, 0.15) is 5.65 Å². The molecule has 0 unspecified atom stereocenters. The molecule has 29 heavy (non-hydrogen) atoms. The van der Waals surface area contributed by atoms with Gasteiger partial charge >= 0.3 is 11.7 Å². The Labute approximate surface area is 167 Å². The molecule has 1 aliphatic rings. The largest absolute Gasteiger partial charge is 0.462 e. The van der Waals surface area contributed by atoms with E-state index in [1.807, 2.05) is 31.2 Å². The first-order valence-electron chi connectivity index (χ1n) is 9.77. The number of rotatable bonds is 5. The molecule has 0 saturated heterocycles. The zero-order valence-electron chi connectivity index (χ0n) is 16.8. The van der Waals surface area contributed by atoms with E-state index in [-0.39, 0.29) is 35.7 Å². The predicted molar refractivity (Wildman–Crippen MR) is 109 cm³/mol. The third-order valence-electron chi connectivity index (χ3n) is 5.27. The Balaban J connectivity index is 1.97. The number of aromatic nitrogens is 3. The molecule has 2 heterocycles. The van der Waals surface area contributed by atoms with Gasteiger partial charge in [-0.05, 0) is 38.3 Å². The van der Waals surface area contributed by atoms with Crippen LogP contribution >= 0.6 is 0 Å². The zero-order chi connectivity index (χ0) is 20.7. The maximum Gasteiger partial charge on any atom is 0.339 e. The Morgan fingerprint density at radius 3 is 2.52 bits per heavy atom. The van der Waals surface area contributed by atoms with Crippen LogP contribution in [0.5, 0.6) is 0 Å². The van der Waals surface area contributed by atoms with Crippen LogP contribution in [0.1, 0.15) is 52.9 Å². The summed E-state index contributed by atoms with van der Waals surface area (Å²) in [5, 5.41) is 0.127. The smallest absolute Gasteiger partial charge is 0.339 e. The van der Waals surface area contributed by atoms with Crippen LogP contribution in [-0.4, -0.2) is 26.7 Å². The molecule has 0 spiro atoms. The van der Waals surface area contributed by atoms with Crippen LogP contribution in [0.3, 0.4) is 0 Å². The fourth-order valence-corrected chi connectivity index (χ4v) is 3.47. The first kappa shape index (κ1) is 19.1. The minimum atomic E-state index is -0.570. The van der Waals surface area contributed by atoms with Crippen molar-refractivity contribution in [2.75, 3.05) is 6.61 Å². The van der Waals surface area contributed by atoms with Crippen LogP contribution in [0.2, 0.25) is 0 Å². The Kier molecular flexibility index (Phi) is 4.82. The van der Waals surface area contributed by atoms with Gasteiger partial charge in [-0.25, -0.2) is 14.6 Å². The SMILES string of the molecule is CCOC(=O)c1cc(C2CC2)nc2c1c(=O)n(Cc1ccc(C)cc1)c(=O)n2C. The van der Waals surface area contributed by atoms with Crippen molar-refractivity contribution in [3.63, 3.8) is 0 Å². The summed E-state index contributed by atoms with van der Waals surface area (Å²) >= 11 is 0. The van der Waals surface area contributed by atoms with E-state index in [9.17, 15) is 14.4 Å². The predicted octanol–water partition coefficient (Wildman–Crippen LogP) is 2.51. The van der Waals surface area contributed by atoms with Crippen LogP contribution in [0, 0.1) is 6.92 Å². The minimum Gasteiger partial charge on any atom is -0.462 e. The highest BCUT2D eigenvalue weighted by Crippen LogP contribution is 2.39. The number of aryl methyl sites for hydroxylation is 2. The average molecular weight is 393 g/mol. The second kappa shape index (κ2) is 7.31. The van der Waals surface area contributed by atoms with Crippen molar-refractivity contribution < 1.29 is 9.53 Å². The van der Waals surface area contributed by atoms with E-state index in [4.69, 9.17) is 4.74 Å². The summed E-state index contributed by atoms with van der Waals surface area (Å²) in [5.41, 5.74) is 2.07. The molecule has 0 N–H and O–H groups in total. The minimum absolute atomic E-state index is 0.119. The lowest BCUT2D eigenvalue weighted by Crippen LogP contribution is -2.40. The second-order valence-electron chi connectivity index (χ2n) is 7.51. The van der Waals surface area contributed by atoms with Crippen molar-refractivity contribution in [1.29, 1.82) is 0 Å². The molecular weight excluding hydrogens is 370 g/mol. The molecule has 0 aliphatic heterocycles. The first-order valence-corrected chi connectivity index (χ1v) is 9.77. The van der Waals surface area contributed by atoms with Crippen molar-refractivity contribution in [2.24, 2.45) is 7.05 Å². The van der Waals surface area contributed by atoms with E-state index >= 15 is 0 Å². The van der Waals surface area contributed by atoms with Gasteiger partial charge in [0.15, 0.2) is 0 Å². The third kappa shape index (κ3) is 3.48. The number of ether oxygens (including phenoxy) is 1. The van der Waals surface area contributed by atoms with Gasteiger partial charge in [0.05, 0.1) is 24.1 Å². The number of carbonyl (C=O) groups is 1. The molecule has 2 aromatic heterocycles. The summed E-state index contributed by atoms with van der Waals surface area (Å²) in [4.78, 5) is 43.4. The van der Waals surface area contributed by atoms with Gasteiger partial charge in [-0.2, -0.15) is 0 Å². The number of hydrogen-bond donors (Lipinski definition) is 0. The molecule has 0 amide bonds. The highest BCUT2D eigenvalue weighted by atomic mass is 16.5. The lowest BCUT2D eigenvalue weighted by atomic mass is 10.1. The monoisotopic (exact) mass is 393 g/mol. The molecule has 7 heteroatoms. The Hall–Kier alpha value is -3.22. The number of pyridine rings is 1. The van der Waals surface area contributed by atoms with Crippen molar-refractivity contribution in [2.45, 2.75) is 39.2 Å². The molecule has 150 valence electrons. The van der Waals surface area contributed by atoms with Crippen molar-refractivity contribution in [3.8, 4) is 0 Å². The summed E-state index contributed by atoms with van der Waals surface area (Å²) < 4.78 is 7.68. The van der Waals surface area contributed by atoms with E-state index in [0.29, 0.717) is 0 Å². The van der Waals surface area contributed by atoms with E-state index in [2.05, 4.69) is 4.98 Å². The molecule has 1 fully saturated rings. The number of nitrogens with zero attached hydrogens (tertiary/aromatic N) is 3. The topological polar surface area (TPSA) is 83.2 Å². The van der Waals surface area contributed by atoms with Gasteiger partial charge in [-0.1, -0.05) is 29.8 Å². The molecule has 4 rings (SSSR count). The molecule has 7 nitrogen and oxygen atoms in total. The molecule has 3 aromatic rings. The molecule has 1 aromatic carbocycles. The Morgan fingerprint density at radius 2 is 1.90 bits per heavy atom. The average Bonchev–Trinajstić information content (AvgIpc) is 3.55. The normalized spacial score (nSPS) is 13.6. The molecule has 0 atom stereocenters. The highest BCUT2D eigenvalue weighted by Gasteiger charge is 2.29. The van der Waals surface area contributed by atoms with E-state index in [0.717, 1.165) is 34.2 Å². The summed E-state index contributed by atoms with van der Waals surface area (Å²) in [6.07, 6.45) is 1.97. The summed E-state index contributed by atoms with van der Waals surface area (Å²) in [6, 6.07) is 9.27. The van der Waals surface area contributed by atoms with Gasteiger partial charge < -0.3 is 4.74 Å². The fraction of sp³-hybridized carbons (Fsp3) is 0.364. The van der Waals surface area contributed by atoms with Crippen molar-refractivity contribution in [1.82, 2.24) is 14.1 Å². The van der Waals surface area contributed by atoms with Crippen LogP contribution < -0.4 is 11.2 Å². The molecule has 1 aliphatic carbocycles. The standard InChI is InChI=1S/C22H23N3O4/c1-4-29-21(27)16-11-17(15-9-10-15)23-19-18(16)20(26)25(22(28)24(19)3)12-14-7-5-13(2)6-8-14/h5-8,11,15H,4,9-10,12H2,1-3H3. The van der Waals surface area contributed by atoms with Crippen molar-refractivity contribution in [3.05, 3.63) is 73.6 Å². The number of esters is 1. The Morgan fingerprint density at radius 1 is 1.21 bits per heavy atom. The van der Waals surface area contributed by atoms with Crippen molar-refractivity contribution >= 4 is 17.0 Å². The maximum absolute atomic E-state index is 13.3. The number of fused-ring (bicyclic) bond motifs is 1. The number of carbonyl (C=O) groups excluding carboxylic acids is 1. The first-order chi connectivity index (χ1) is 13.9. The van der Waals surface area contributed by atoms with Crippen LogP contribution in [0.25, 0.3) is 11.0 Å². The molecule has 0 radical (unpaired) electrons. The van der Waals surface area contributed by atoms with Gasteiger partial charge in [-0.15, -0.1) is 0 Å². The number of benzene rings is 1. The summed E-state index contributed by atoms with van der Waals surface area (Å²) in [5.74, 6) is -0.308. The lowest BCUT2D eigenvalue weighted by molar-refractivity contribution is 0.0528. The molecular formula is C22H23N3O4. The van der Waals surface area contributed by atoms with E-state index in [1.165, 1.54) is 4.57 Å². The molecule has 0 bridgehead atoms. The molecule has 1 saturated carbocycles. The van der Waals surface area contributed by atoms with Gasteiger partial charge in [-0.3, -0.25) is 13.9 Å². The lowest BCUT2D eigenvalue weighted by Gasteiger charge is -2.14. The van der Waals surface area contributed by atoms with Crippen LogP contribution in [0.4, 0.5) is 0 Å². The Bertz CT molecular complexity index is 1220. The van der Waals surface area contributed by atoms with Gasteiger partial charge in [0, 0.05) is 18.7 Å².